The molecular weight excluding hydrogens is 474 g/mol. The van der Waals surface area contributed by atoms with Gasteiger partial charge in [0.25, 0.3) is 0 Å². The van der Waals surface area contributed by atoms with Gasteiger partial charge in [-0.2, -0.15) is 0 Å². The average Bonchev–Trinajstić information content (AvgIpc) is 2.72. The molecule has 0 unspecified atom stereocenters. The maximum Gasteiger partial charge on any atom is 0.331 e. The van der Waals surface area contributed by atoms with Crippen LogP contribution < -0.4 is 10.1 Å². The van der Waals surface area contributed by atoms with Crippen molar-refractivity contribution in [1.82, 2.24) is 0 Å². The molecule has 3 atom stereocenters. The highest BCUT2D eigenvalue weighted by atomic mass is 28.4. The molecular formula is C27H47NO5Si2. The number of fused-ring (bicyclic) bond motifs is 1. The molecule has 198 valence electrons. The Hall–Kier alpha value is -1.78. The molecule has 1 heterocycles. The van der Waals surface area contributed by atoms with Crippen molar-refractivity contribution in [2.45, 2.75) is 103 Å². The Balaban J connectivity index is 2.62. The molecule has 0 radical (unpaired) electrons. The van der Waals surface area contributed by atoms with Crippen molar-refractivity contribution in [3.8, 4) is 5.75 Å². The summed E-state index contributed by atoms with van der Waals surface area (Å²) >= 11 is 0. The van der Waals surface area contributed by atoms with E-state index in [0.717, 1.165) is 17.0 Å². The highest BCUT2D eigenvalue weighted by Gasteiger charge is 2.47. The monoisotopic (exact) mass is 521 g/mol. The summed E-state index contributed by atoms with van der Waals surface area (Å²) in [4.78, 5) is 13.2. The number of methoxy groups -OCH3 is 1. The molecule has 0 aliphatic carbocycles. The SMILES string of the molecule is CCOC(=O)[C@@H]1Nc2ccc(OC)cc2[C@H](/C=C/O[Si](C)(C)C(C)(C)C)[C@@H]1O[Si](C)(C)C(C)(C)C. The Morgan fingerprint density at radius 2 is 1.63 bits per heavy atom. The van der Waals surface area contributed by atoms with Crippen LogP contribution in [-0.4, -0.2) is 48.5 Å². The van der Waals surface area contributed by atoms with Gasteiger partial charge in [-0.15, -0.1) is 0 Å². The van der Waals surface area contributed by atoms with E-state index in [4.69, 9.17) is 18.3 Å². The van der Waals surface area contributed by atoms with Gasteiger partial charge in [-0.1, -0.05) is 41.5 Å². The Bertz CT molecular complexity index is 915. The first kappa shape index (κ1) is 29.5. The first-order chi connectivity index (χ1) is 15.9. The fourth-order valence-electron chi connectivity index (χ4n) is 3.48. The van der Waals surface area contributed by atoms with E-state index in [-0.39, 0.29) is 22.0 Å². The molecule has 0 amide bonds. The van der Waals surface area contributed by atoms with Crippen LogP contribution in [0, 0.1) is 0 Å². The molecule has 1 aromatic rings. The van der Waals surface area contributed by atoms with Gasteiger partial charge < -0.3 is 23.6 Å². The van der Waals surface area contributed by atoms with Gasteiger partial charge in [0.05, 0.1) is 26.1 Å². The summed E-state index contributed by atoms with van der Waals surface area (Å²) in [6.07, 6.45) is 3.44. The summed E-state index contributed by atoms with van der Waals surface area (Å²) in [6.45, 7) is 24.3. The number of carbonyl (C=O) groups excluding carboxylic acids is 1. The number of anilines is 1. The average molecular weight is 522 g/mol. The largest absolute Gasteiger partial charge is 0.549 e. The molecule has 6 nitrogen and oxygen atoms in total. The molecule has 0 bridgehead atoms. The minimum atomic E-state index is -2.24. The first-order valence-electron chi connectivity index (χ1n) is 12.6. The van der Waals surface area contributed by atoms with Crippen molar-refractivity contribution in [2.24, 2.45) is 0 Å². The van der Waals surface area contributed by atoms with Crippen molar-refractivity contribution in [2.75, 3.05) is 19.0 Å². The second-order valence-electron chi connectivity index (χ2n) is 12.4. The zero-order chi connectivity index (χ0) is 26.8. The van der Waals surface area contributed by atoms with E-state index in [2.05, 4.69) is 79.1 Å². The van der Waals surface area contributed by atoms with Crippen LogP contribution in [0.25, 0.3) is 0 Å². The topological polar surface area (TPSA) is 66.0 Å². The zero-order valence-electron chi connectivity index (χ0n) is 23.9. The van der Waals surface area contributed by atoms with Gasteiger partial charge in [-0.05, 0) is 73.0 Å². The third-order valence-electron chi connectivity index (χ3n) is 7.84. The second-order valence-corrected chi connectivity index (χ2v) is 21.9. The second kappa shape index (κ2) is 10.7. The third kappa shape index (κ3) is 6.71. The molecule has 1 aromatic carbocycles. The van der Waals surface area contributed by atoms with Crippen molar-refractivity contribution in [3.05, 3.63) is 36.1 Å². The van der Waals surface area contributed by atoms with Gasteiger partial charge in [0.2, 0.25) is 8.32 Å². The van der Waals surface area contributed by atoms with Crippen LogP contribution >= 0.6 is 0 Å². The number of hydrogen-bond acceptors (Lipinski definition) is 6. The van der Waals surface area contributed by atoms with Crippen LogP contribution in [0.15, 0.2) is 30.5 Å². The molecule has 0 saturated carbocycles. The maximum atomic E-state index is 13.2. The third-order valence-corrected chi connectivity index (χ3v) is 16.7. The zero-order valence-corrected chi connectivity index (χ0v) is 25.9. The normalized spacial score (nSPS) is 21.3. The fraction of sp³-hybridized carbons (Fsp3) is 0.667. The van der Waals surface area contributed by atoms with E-state index in [0.29, 0.717) is 6.61 Å². The van der Waals surface area contributed by atoms with Gasteiger partial charge >= 0.3 is 5.97 Å². The van der Waals surface area contributed by atoms with E-state index in [9.17, 15) is 4.79 Å². The molecule has 8 heteroatoms. The summed E-state index contributed by atoms with van der Waals surface area (Å²) in [5, 5.41) is 3.48. The Labute approximate surface area is 215 Å². The van der Waals surface area contributed by atoms with E-state index >= 15 is 0 Å². The van der Waals surface area contributed by atoms with Crippen LogP contribution in [0.4, 0.5) is 5.69 Å². The van der Waals surface area contributed by atoms with E-state index in [1.165, 1.54) is 0 Å². The number of esters is 1. The molecule has 0 aromatic heterocycles. The van der Waals surface area contributed by atoms with Gasteiger partial charge in [0.15, 0.2) is 14.4 Å². The highest BCUT2D eigenvalue weighted by molar-refractivity contribution is 6.74. The lowest BCUT2D eigenvalue weighted by Gasteiger charge is -2.45. The predicted molar refractivity (Wildman–Crippen MR) is 149 cm³/mol. The number of hydrogen-bond donors (Lipinski definition) is 1. The molecule has 2 rings (SSSR count). The number of carbonyl (C=O) groups is 1. The lowest BCUT2D eigenvalue weighted by atomic mass is 9.84. The minimum absolute atomic E-state index is 0.0211. The van der Waals surface area contributed by atoms with Gasteiger partial charge in [-0.3, -0.25) is 0 Å². The molecule has 0 spiro atoms. The van der Waals surface area contributed by atoms with E-state index in [1.54, 1.807) is 7.11 Å². The van der Waals surface area contributed by atoms with Crippen molar-refractivity contribution >= 4 is 28.3 Å². The Kier molecular flexibility index (Phi) is 8.99. The summed E-state index contributed by atoms with van der Waals surface area (Å²) < 4.78 is 24.4. The lowest BCUT2D eigenvalue weighted by Crippen LogP contribution is -2.55. The smallest absolute Gasteiger partial charge is 0.331 e. The number of benzene rings is 1. The summed E-state index contributed by atoms with van der Waals surface area (Å²) in [5.74, 6) is 0.242. The quantitative estimate of drug-likeness (QED) is 0.224. The van der Waals surface area contributed by atoms with Crippen LogP contribution in [0.3, 0.4) is 0 Å². The molecule has 1 aliphatic heterocycles. The molecule has 1 N–H and O–H groups in total. The lowest BCUT2D eigenvalue weighted by molar-refractivity contribution is -0.146. The summed E-state index contributed by atoms with van der Waals surface area (Å²) in [5.41, 5.74) is 1.89. The van der Waals surface area contributed by atoms with Crippen LogP contribution in [0.1, 0.15) is 59.9 Å². The van der Waals surface area contributed by atoms with Crippen LogP contribution in [-0.2, 0) is 18.4 Å². The van der Waals surface area contributed by atoms with Crippen molar-refractivity contribution < 1.29 is 23.1 Å². The van der Waals surface area contributed by atoms with Crippen molar-refractivity contribution in [3.63, 3.8) is 0 Å². The maximum absolute atomic E-state index is 13.2. The van der Waals surface area contributed by atoms with E-state index in [1.807, 2.05) is 31.4 Å². The highest BCUT2D eigenvalue weighted by Crippen LogP contribution is 2.45. The molecule has 0 fully saturated rings. The number of rotatable bonds is 8. The summed E-state index contributed by atoms with van der Waals surface area (Å²) in [6, 6.07) is 5.24. The van der Waals surface area contributed by atoms with E-state index < -0.39 is 28.8 Å². The fourth-order valence-corrected chi connectivity index (χ4v) is 5.57. The van der Waals surface area contributed by atoms with Crippen molar-refractivity contribution in [1.29, 1.82) is 0 Å². The standard InChI is InChI=1S/C27H47NO5Si2/c1-13-31-25(29)23-24(33-35(11,12)27(5,6)7)20(16-17-32-34(9,10)26(2,3)4)21-18-19(30-8)14-15-22(21)28-23/h14-18,20,23-24,28H,13H2,1-12H3/b17-16+/t20-,23+,24-/m0/s1. The van der Waals surface area contributed by atoms with Gasteiger partial charge in [0, 0.05) is 11.6 Å². The minimum Gasteiger partial charge on any atom is -0.549 e. The van der Waals surface area contributed by atoms with Gasteiger partial charge in [-0.25, -0.2) is 4.79 Å². The molecule has 35 heavy (non-hydrogen) atoms. The summed E-state index contributed by atoms with van der Waals surface area (Å²) in [7, 11) is -2.58. The number of nitrogens with one attached hydrogen (secondary N) is 1. The Morgan fingerprint density at radius 3 is 2.14 bits per heavy atom. The van der Waals surface area contributed by atoms with Crippen LogP contribution in [0.2, 0.25) is 36.3 Å². The molecule has 1 aliphatic rings. The molecule has 0 saturated heterocycles. The Morgan fingerprint density at radius 1 is 1.03 bits per heavy atom. The number of ether oxygens (including phenoxy) is 2. The first-order valence-corrected chi connectivity index (χ1v) is 18.4. The van der Waals surface area contributed by atoms with Crippen LogP contribution in [0.5, 0.6) is 5.75 Å². The van der Waals surface area contributed by atoms with Gasteiger partial charge in [0.1, 0.15) is 5.75 Å². The predicted octanol–water partition coefficient (Wildman–Crippen LogP) is 7.06.